The maximum absolute atomic E-state index is 2.49. The molecule has 0 heteroatoms. The molecule has 0 aromatic rings. The Hall–Kier alpha value is 0. The van der Waals surface area contributed by atoms with Crippen LogP contribution in [0.3, 0.4) is 0 Å². The molecule has 2 fully saturated rings. The minimum atomic E-state index is 0.483. The van der Waals surface area contributed by atoms with E-state index in [1.165, 1.54) is 19.3 Å². The van der Waals surface area contributed by atoms with Crippen LogP contribution in [0.25, 0.3) is 0 Å². The van der Waals surface area contributed by atoms with Gasteiger partial charge in [-0.05, 0) is 40.9 Å². The van der Waals surface area contributed by atoms with Crippen molar-refractivity contribution in [1.82, 2.24) is 0 Å². The van der Waals surface area contributed by atoms with Crippen LogP contribution in [0.5, 0.6) is 0 Å². The number of rotatable bonds is 0. The number of hydrogen-bond acceptors (Lipinski definition) is 0. The maximum atomic E-state index is 2.49. The van der Waals surface area contributed by atoms with E-state index >= 15 is 0 Å². The summed E-state index contributed by atoms with van der Waals surface area (Å²) in [5.74, 6) is 0. The molecule has 0 unspecified atom stereocenters. The summed E-state index contributed by atoms with van der Waals surface area (Å²) in [5.41, 5.74) is 2.24. The van der Waals surface area contributed by atoms with Crippen molar-refractivity contribution in [2.24, 2.45) is 21.7 Å². The maximum Gasteiger partial charge on any atom is -0.0235 e. The lowest BCUT2D eigenvalue weighted by Gasteiger charge is -2.45. The minimum Gasteiger partial charge on any atom is -0.0594 e. The molecule has 0 atom stereocenters. The fourth-order valence-electron chi connectivity index (χ4n) is 3.75. The average molecular weight is 180 g/mol. The third-order valence-electron chi connectivity index (χ3n) is 6.21. The first kappa shape index (κ1) is 9.55. The van der Waals surface area contributed by atoms with Gasteiger partial charge in [-0.1, -0.05) is 41.5 Å². The third kappa shape index (κ3) is 0.831. The topological polar surface area (TPSA) is 0 Å². The Labute approximate surface area is 83.1 Å². The highest BCUT2D eigenvalue weighted by molar-refractivity contribution is 5.19. The zero-order chi connectivity index (χ0) is 10.1. The Balaban J connectivity index is 2.47. The van der Waals surface area contributed by atoms with Crippen LogP contribution < -0.4 is 0 Å². The molecule has 0 amide bonds. The molecule has 13 heavy (non-hydrogen) atoms. The van der Waals surface area contributed by atoms with Gasteiger partial charge in [0, 0.05) is 0 Å². The molecule has 0 saturated heterocycles. The Morgan fingerprint density at radius 3 is 1.31 bits per heavy atom. The van der Waals surface area contributed by atoms with Crippen LogP contribution in [0.4, 0.5) is 0 Å². The fraction of sp³-hybridized carbons (Fsp3) is 1.00. The second-order valence-corrected chi connectivity index (χ2v) is 7.09. The third-order valence-corrected chi connectivity index (χ3v) is 6.21. The molecule has 0 heterocycles. The molecule has 0 radical (unpaired) electrons. The first-order valence-corrected chi connectivity index (χ1v) is 5.66. The van der Waals surface area contributed by atoms with Gasteiger partial charge >= 0.3 is 0 Å². The summed E-state index contributed by atoms with van der Waals surface area (Å²) in [6, 6.07) is 0. The predicted octanol–water partition coefficient (Wildman–Crippen LogP) is 4.25. The first-order valence-electron chi connectivity index (χ1n) is 5.66. The van der Waals surface area contributed by atoms with Gasteiger partial charge < -0.3 is 0 Å². The zero-order valence-corrected chi connectivity index (χ0v) is 10.1. The van der Waals surface area contributed by atoms with E-state index in [1.807, 2.05) is 0 Å². The van der Waals surface area contributed by atoms with Crippen molar-refractivity contribution in [1.29, 1.82) is 0 Å². The average Bonchev–Trinajstić information content (AvgIpc) is 2.64. The van der Waals surface area contributed by atoms with Gasteiger partial charge in [-0.25, -0.2) is 0 Å². The van der Waals surface area contributed by atoms with Crippen LogP contribution in [0.2, 0.25) is 0 Å². The Morgan fingerprint density at radius 1 is 0.692 bits per heavy atom. The molecule has 0 N–H and O–H groups in total. The quantitative estimate of drug-likeness (QED) is 0.523. The lowest BCUT2D eigenvalue weighted by Crippen LogP contribution is -2.38. The van der Waals surface area contributed by atoms with Gasteiger partial charge in [-0.15, -0.1) is 0 Å². The summed E-state index contributed by atoms with van der Waals surface area (Å²) in [6.45, 7) is 14.9. The lowest BCUT2D eigenvalue weighted by molar-refractivity contribution is 0.0318. The molecular weight excluding hydrogens is 156 g/mol. The molecule has 2 saturated carbocycles. The first-order chi connectivity index (χ1) is 5.66. The van der Waals surface area contributed by atoms with Crippen LogP contribution in [-0.2, 0) is 0 Å². The smallest absolute Gasteiger partial charge is 0.0235 e. The Kier molecular flexibility index (Phi) is 1.46. The fourth-order valence-corrected chi connectivity index (χ4v) is 3.75. The summed E-state index contributed by atoms with van der Waals surface area (Å²) in [5, 5.41) is 0. The van der Waals surface area contributed by atoms with Crippen molar-refractivity contribution in [2.75, 3.05) is 0 Å². The van der Waals surface area contributed by atoms with Crippen molar-refractivity contribution in [3.63, 3.8) is 0 Å². The van der Waals surface area contributed by atoms with E-state index in [9.17, 15) is 0 Å². The molecule has 2 aliphatic carbocycles. The van der Waals surface area contributed by atoms with E-state index in [-0.39, 0.29) is 0 Å². The standard InChI is InChI=1S/C13H24/c1-10(2)9-13(7-8-13)12(5,6)11(10,3)4/h7-9H2,1-6H3. The molecule has 0 nitrogen and oxygen atoms in total. The molecule has 2 aliphatic rings. The van der Waals surface area contributed by atoms with E-state index in [1.54, 1.807) is 0 Å². The SMILES string of the molecule is CC1(C)CC2(CC2)C(C)(C)C1(C)C. The highest BCUT2D eigenvalue weighted by atomic mass is 14.7. The summed E-state index contributed by atoms with van der Waals surface area (Å²) < 4.78 is 0. The van der Waals surface area contributed by atoms with Crippen molar-refractivity contribution in [2.45, 2.75) is 60.8 Å². The highest BCUT2D eigenvalue weighted by Crippen LogP contribution is 2.78. The molecule has 2 rings (SSSR count). The zero-order valence-electron chi connectivity index (χ0n) is 10.1. The van der Waals surface area contributed by atoms with Crippen molar-refractivity contribution in [3.8, 4) is 0 Å². The van der Waals surface area contributed by atoms with Crippen molar-refractivity contribution in [3.05, 3.63) is 0 Å². The molecule has 0 aromatic carbocycles. The van der Waals surface area contributed by atoms with Crippen molar-refractivity contribution < 1.29 is 0 Å². The number of hydrogen-bond donors (Lipinski definition) is 0. The van der Waals surface area contributed by atoms with Crippen molar-refractivity contribution >= 4 is 0 Å². The summed E-state index contributed by atoms with van der Waals surface area (Å²) in [7, 11) is 0. The molecule has 0 aromatic heterocycles. The van der Waals surface area contributed by atoms with E-state index in [4.69, 9.17) is 0 Å². The van der Waals surface area contributed by atoms with Crippen LogP contribution in [0, 0.1) is 21.7 Å². The minimum absolute atomic E-state index is 0.483. The Morgan fingerprint density at radius 2 is 1.15 bits per heavy atom. The van der Waals surface area contributed by atoms with Crippen LogP contribution in [-0.4, -0.2) is 0 Å². The van der Waals surface area contributed by atoms with Gasteiger partial charge in [0.15, 0.2) is 0 Å². The predicted molar refractivity (Wildman–Crippen MR) is 57.6 cm³/mol. The van der Waals surface area contributed by atoms with E-state index in [0.717, 1.165) is 0 Å². The van der Waals surface area contributed by atoms with Crippen LogP contribution in [0.1, 0.15) is 60.8 Å². The highest BCUT2D eigenvalue weighted by Gasteiger charge is 2.70. The van der Waals surface area contributed by atoms with Gasteiger partial charge in [0.05, 0.1) is 0 Å². The monoisotopic (exact) mass is 180 g/mol. The van der Waals surface area contributed by atoms with Gasteiger partial charge in [-0.2, -0.15) is 0 Å². The van der Waals surface area contributed by atoms with Crippen LogP contribution >= 0.6 is 0 Å². The Bertz CT molecular complexity index is 225. The molecule has 1 spiro atoms. The lowest BCUT2D eigenvalue weighted by atomic mass is 9.59. The van der Waals surface area contributed by atoms with E-state index in [0.29, 0.717) is 21.7 Å². The molecule has 0 bridgehead atoms. The second-order valence-electron chi connectivity index (χ2n) is 7.09. The summed E-state index contributed by atoms with van der Waals surface area (Å²) >= 11 is 0. The summed E-state index contributed by atoms with van der Waals surface area (Å²) in [4.78, 5) is 0. The summed E-state index contributed by atoms with van der Waals surface area (Å²) in [6.07, 6.45) is 4.40. The van der Waals surface area contributed by atoms with Crippen LogP contribution in [0.15, 0.2) is 0 Å². The van der Waals surface area contributed by atoms with E-state index in [2.05, 4.69) is 41.5 Å². The van der Waals surface area contributed by atoms with Gasteiger partial charge in [0.1, 0.15) is 0 Å². The normalized spacial score (nSPS) is 36.5. The molecule has 76 valence electrons. The molecular formula is C13H24. The van der Waals surface area contributed by atoms with Gasteiger partial charge in [0.2, 0.25) is 0 Å². The van der Waals surface area contributed by atoms with Gasteiger partial charge in [-0.3, -0.25) is 0 Å². The van der Waals surface area contributed by atoms with Gasteiger partial charge in [0.25, 0.3) is 0 Å². The second kappa shape index (κ2) is 1.99. The molecule has 0 aliphatic heterocycles. The largest absolute Gasteiger partial charge is 0.0594 e. The van der Waals surface area contributed by atoms with E-state index < -0.39 is 0 Å².